The minimum atomic E-state index is 0.0554. The van der Waals surface area contributed by atoms with Gasteiger partial charge in [0.2, 0.25) is 5.91 Å². The van der Waals surface area contributed by atoms with E-state index in [1.54, 1.807) is 7.11 Å². The second-order valence-corrected chi connectivity index (χ2v) is 5.28. The van der Waals surface area contributed by atoms with Crippen molar-refractivity contribution in [3.63, 3.8) is 0 Å². The van der Waals surface area contributed by atoms with Gasteiger partial charge in [-0.1, -0.05) is 18.2 Å². The topological polar surface area (TPSA) is 53.6 Å². The largest absolute Gasteiger partial charge is 0.496 e. The molecule has 0 aromatic heterocycles. The summed E-state index contributed by atoms with van der Waals surface area (Å²) in [6, 6.07) is 7.65. The molecule has 116 valence electrons. The smallest absolute Gasteiger partial charge is 0.224 e. The fourth-order valence-corrected chi connectivity index (χ4v) is 2.55. The Morgan fingerprint density at radius 2 is 2.10 bits per heavy atom. The third-order valence-electron chi connectivity index (χ3n) is 3.73. The molecule has 5 heteroatoms. The molecule has 1 fully saturated rings. The van der Waals surface area contributed by atoms with Crippen LogP contribution in [0.2, 0.25) is 0 Å². The minimum absolute atomic E-state index is 0.0554. The van der Waals surface area contributed by atoms with E-state index in [-0.39, 0.29) is 5.91 Å². The third kappa shape index (κ3) is 5.36. The number of nitrogens with zero attached hydrogens (tertiary/aromatic N) is 1. The van der Waals surface area contributed by atoms with Crippen molar-refractivity contribution in [3.8, 4) is 5.75 Å². The van der Waals surface area contributed by atoms with E-state index in [4.69, 9.17) is 4.74 Å². The first-order valence-electron chi connectivity index (χ1n) is 7.61. The van der Waals surface area contributed by atoms with Crippen LogP contribution in [0.4, 0.5) is 0 Å². The van der Waals surface area contributed by atoms with Crippen LogP contribution in [0.25, 0.3) is 0 Å². The normalized spacial score (nSPS) is 15.7. The van der Waals surface area contributed by atoms with Crippen LogP contribution in [-0.2, 0) is 11.2 Å². The Labute approximate surface area is 126 Å². The summed E-state index contributed by atoms with van der Waals surface area (Å²) in [6.07, 6.45) is 1.37. The predicted molar refractivity (Wildman–Crippen MR) is 83.6 cm³/mol. The van der Waals surface area contributed by atoms with Gasteiger partial charge < -0.3 is 20.3 Å². The Morgan fingerprint density at radius 1 is 1.33 bits per heavy atom. The number of nitrogens with one attached hydrogen (secondary N) is 2. The van der Waals surface area contributed by atoms with Gasteiger partial charge in [-0.05, 0) is 19.0 Å². The van der Waals surface area contributed by atoms with E-state index in [9.17, 15) is 4.79 Å². The zero-order valence-electron chi connectivity index (χ0n) is 12.7. The molecule has 21 heavy (non-hydrogen) atoms. The number of rotatable bonds is 7. The van der Waals surface area contributed by atoms with Gasteiger partial charge in [0, 0.05) is 38.3 Å². The molecule has 2 N–H and O–H groups in total. The molecule has 0 aliphatic carbocycles. The second kappa shape index (κ2) is 8.64. The van der Waals surface area contributed by atoms with Crippen molar-refractivity contribution in [2.75, 3.05) is 46.4 Å². The van der Waals surface area contributed by atoms with Crippen molar-refractivity contribution in [1.29, 1.82) is 0 Å². The van der Waals surface area contributed by atoms with Crippen molar-refractivity contribution >= 4 is 5.91 Å². The first-order chi connectivity index (χ1) is 10.3. The van der Waals surface area contributed by atoms with Gasteiger partial charge in [0.15, 0.2) is 0 Å². The average Bonchev–Trinajstić information content (AvgIpc) is 2.53. The molecule has 0 spiro atoms. The lowest BCUT2D eigenvalue weighted by Crippen LogP contribution is -2.44. The van der Waals surface area contributed by atoms with Gasteiger partial charge in [0.05, 0.1) is 13.5 Å². The number of hydrogen-bond donors (Lipinski definition) is 2. The summed E-state index contributed by atoms with van der Waals surface area (Å²) >= 11 is 0. The summed E-state index contributed by atoms with van der Waals surface area (Å²) in [6.45, 7) is 6.14. The Kier molecular flexibility index (Phi) is 6.50. The highest BCUT2D eigenvalue weighted by Crippen LogP contribution is 2.17. The van der Waals surface area contributed by atoms with E-state index in [0.717, 1.165) is 57.0 Å². The van der Waals surface area contributed by atoms with Crippen LogP contribution in [-0.4, -0.2) is 57.2 Å². The van der Waals surface area contributed by atoms with Crippen LogP contribution in [0.3, 0.4) is 0 Å². The highest BCUT2D eigenvalue weighted by atomic mass is 16.5. The zero-order valence-corrected chi connectivity index (χ0v) is 12.7. The van der Waals surface area contributed by atoms with Crippen molar-refractivity contribution < 1.29 is 9.53 Å². The lowest BCUT2D eigenvalue weighted by Gasteiger charge is -2.27. The zero-order chi connectivity index (χ0) is 14.9. The molecule has 0 atom stereocenters. The van der Waals surface area contributed by atoms with Crippen LogP contribution in [0.15, 0.2) is 24.3 Å². The maximum absolute atomic E-state index is 11.9. The maximum Gasteiger partial charge on any atom is 0.224 e. The molecule has 1 heterocycles. The highest BCUT2D eigenvalue weighted by molar-refractivity contribution is 5.79. The van der Waals surface area contributed by atoms with E-state index in [1.807, 2.05) is 24.3 Å². The fraction of sp³-hybridized carbons (Fsp3) is 0.562. The van der Waals surface area contributed by atoms with E-state index in [2.05, 4.69) is 15.5 Å². The Hall–Kier alpha value is -1.59. The average molecular weight is 291 g/mol. The SMILES string of the molecule is COc1ccccc1CC(=O)NCCCN1CCNCC1. The Morgan fingerprint density at radius 3 is 2.86 bits per heavy atom. The Balaban J connectivity index is 1.65. The molecule has 5 nitrogen and oxygen atoms in total. The molecule has 1 aromatic rings. The first kappa shape index (κ1) is 15.8. The molecule has 2 rings (SSSR count). The van der Waals surface area contributed by atoms with Crippen LogP contribution >= 0.6 is 0 Å². The monoisotopic (exact) mass is 291 g/mol. The second-order valence-electron chi connectivity index (χ2n) is 5.28. The van der Waals surface area contributed by atoms with Gasteiger partial charge in [-0.15, -0.1) is 0 Å². The van der Waals surface area contributed by atoms with Gasteiger partial charge in [-0.2, -0.15) is 0 Å². The summed E-state index contributed by atoms with van der Waals surface area (Å²) in [5.41, 5.74) is 0.930. The van der Waals surface area contributed by atoms with Gasteiger partial charge in [0.1, 0.15) is 5.75 Å². The summed E-state index contributed by atoms with van der Waals surface area (Å²) in [4.78, 5) is 14.4. The van der Waals surface area contributed by atoms with Gasteiger partial charge in [0.25, 0.3) is 0 Å². The number of hydrogen-bond acceptors (Lipinski definition) is 4. The molecule has 0 unspecified atom stereocenters. The Bertz CT molecular complexity index is 445. The van der Waals surface area contributed by atoms with Crippen LogP contribution in [0.5, 0.6) is 5.75 Å². The van der Waals surface area contributed by atoms with E-state index < -0.39 is 0 Å². The van der Waals surface area contributed by atoms with E-state index in [0.29, 0.717) is 6.42 Å². The first-order valence-corrected chi connectivity index (χ1v) is 7.61. The van der Waals surface area contributed by atoms with Gasteiger partial charge in [-0.3, -0.25) is 4.79 Å². The number of methoxy groups -OCH3 is 1. The minimum Gasteiger partial charge on any atom is -0.496 e. The summed E-state index contributed by atoms with van der Waals surface area (Å²) in [7, 11) is 1.63. The number of benzene rings is 1. The van der Waals surface area contributed by atoms with Crippen molar-refractivity contribution in [1.82, 2.24) is 15.5 Å². The van der Waals surface area contributed by atoms with Crippen LogP contribution < -0.4 is 15.4 Å². The van der Waals surface area contributed by atoms with Gasteiger partial charge in [-0.25, -0.2) is 0 Å². The number of piperazine rings is 1. The number of carbonyl (C=O) groups excluding carboxylic acids is 1. The number of amides is 1. The molecular formula is C16H25N3O2. The quantitative estimate of drug-likeness (QED) is 0.724. The van der Waals surface area contributed by atoms with Crippen molar-refractivity contribution in [2.45, 2.75) is 12.8 Å². The molecule has 1 amide bonds. The number of ether oxygens (including phenoxy) is 1. The summed E-state index contributed by atoms with van der Waals surface area (Å²) in [5, 5.41) is 6.32. The molecular weight excluding hydrogens is 266 g/mol. The van der Waals surface area contributed by atoms with E-state index >= 15 is 0 Å². The van der Waals surface area contributed by atoms with Crippen molar-refractivity contribution in [2.24, 2.45) is 0 Å². The lowest BCUT2D eigenvalue weighted by molar-refractivity contribution is -0.120. The van der Waals surface area contributed by atoms with E-state index in [1.165, 1.54) is 0 Å². The standard InChI is InChI=1S/C16H25N3O2/c1-21-15-6-3-2-5-14(15)13-16(20)18-7-4-10-19-11-8-17-9-12-19/h2-3,5-6,17H,4,7-13H2,1H3,(H,18,20). The molecule has 0 bridgehead atoms. The summed E-state index contributed by atoms with van der Waals surface area (Å²) < 4.78 is 5.26. The highest BCUT2D eigenvalue weighted by Gasteiger charge is 2.10. The number of para-hydroxylation sites is 1. The van der Waals surface area contributed by atoms with Gasteiger partial charge >= 0.3 is 0 Å². The molecule has 0 saturated carbocycles. The lowest BCUT2D eigenvalue weighted by atomic mass is 10.1. The molecule has 1 saturated heterocycles. The van der Waals surface area contributed by atoms with Crippen LogP contribution in [0.1, 0.15) is 12.0 Å². The third-order valence-corrected chi connectivity index (χ3v) is 3.73. The molecule has 1 aromatic carbocycles. The van der Waals surface area contributed by atoms with Crippen molar-refractivity contribution in [3.05, 3.63) is 29.8 Å². The molecule has 1 aliphatic rings. The fourth-order valence-electron chi connectivity index (χ4n) is 2.55. The molecule has 0 radical (unpaired) electrons. The predicted octanol–water partition coefficient (Wildman–Crippen LogP) is 0.649. The summed E-state index contributed by atoms with van der Waals surface area (Å²) in [5.74, 6) is 0.827. The maximum atomic E-state index is 11.9. The number of carbonyl (C=O) groups is 1. The molecule has 1 aliphatic heterocycles. The van der Waals surface area contributed by atoms with Crippen LogP contribution in [0, 0.1) is 0 Å².